The van der Waals surface area contributed by atoms with Gasteiger partial charge < -0.3 is 10.1 Å². The van der Waals surface area contributed by atoms with E-state index in [1.54, 1.807) is 0 Å². The van der Waals surface area contributed by atoms with Crippen molar-refractivity contribution in [3.8, 4) is 0 Å². The first-order valence-electron chi connectivity index (χ1n) is 5.88. The molecule has 0 bridgehead atoms. The van der Waals surface area contributed by atoms with Crippen LogP contribution in [0.15, 0.2) is 24.3 Å². The Hall–Kier alpha value is -0.860. The molecule has 1 fully saturated rings. The van der Waals surface area contributed by atoms with Gasteiger partial charge in [0.1, 0.15) is 0 Å². The number of hydrogen-bond acceptors (Lipinski definition) is 2. The first-order valence-corrected chi connectivity index (χ1v) is 5.88. The van der Waals surface area contributed by atoms with E-state index in [0.717, 1.165) is 19.6 Å². The van der Waals surface area contributed by atoms with E-state index in [9.17, 15) is 0 Å². The molecule has 1 saturated heterocycles. The molecule has 2 heterocycles. The van der Waals surface area contributed by atoms with Crippen LogP contribution in [0.1, 0.15) is 30.0 Å². The summed E-state index contributed by atoms with van der Waals surface area (Å²) in [6.45, 7) is 2.02. The van der Waals surface area contributed by atoms with Crippen molar-refractivity contribution in [2.45, 2.75) is 31.4 Å². The molecule has 0 saturated carbocycles. The van der Waals surface area contributed by atoms with Crippen LogP contribution >= 0.6 is 0 Å². The fourth-order valence-electron chi connectivity index (χ4n) is 2.73. The van der Waals surface area contributed by atoms with Gasteiger partial charge in [-0.15, -0.1) is 0 Å². The maximum absolute atomic E-state index is 5.79. The van der Waals surface area contributed by atoms with Gasteiger partial charge in [-0.1, -0.05) is 24.3 Å². The van der Waals surface area contributed by atoms with Crippen LogP contribution in [0.5, 0.6) is 0 Å². The highest BCUT2D eigenvalue weighted by molar-refractivity contribution is 5.33. The van der Waals surface area contributed by atoms with Gasteiger partial charge >= 0.3 is 0 Å². The van der Waals surface area contributed by atoms with Crippen molar-refractivity contribution >= 4 is 0 Å². The molecular weight excluding hydrogens is 186 g/mol. The fourth-order valence-corrected chi connectivity index (χ4v) is 2.73. The maximum atomic E-state index is 5.79. The van der Waals surface area contributed by atoms with Gasteiger partial charge in [-0.05, 0) is 36.9 Å². The van der Waals surface area contributed by atoms with Gasteiger partial charge in [-0.3, -0.25) is 0 Å². The lowest BCUT2D eigenvalue weighted by Gasteiger charge is -2.30. The summed E-state index contributed by atoms with van der Waals surface area (Å²) in [5.74, 6) is 0. The summed E-state index contributed by atoms with van der Waals surface area (Å²) in [6, 6.07) is 9.19. The summed E-state index contributed by atoms with van der Waals surface area (Å²) in [7, 11) is 0. The molecule has 15 heavy (non-hydrogen) atoms. The molecule has 2 atom stereocenters. The molecule has 2 nitrogen and oxygen atoms in total. The predicted molar refractivity (Wildman–Crippen MR) is 59.9 cm³/mol. The zero-order chi connectivity index (χ0) is 10.1. The van der Waals surface area contributed by atoms with E-state index in [1.807, 2.05) is 0 Å². The normalized spacial score (nSPS) is 30.1. The predicted octanol–water partition coefficient (Wildman–Crippen LogP) is 2.05. The lowest BCUT2D eigenvalue weighted by molar-refractivity contribution is 0.0762. The number of rotatable bonds is 1. The van der Waals surface area contributed by atoms with Crippen LogP contribution in [0, 0.1) is 0 Å². The molecule has 2 heteroatoms. The van der Waals surface area contributed by atoms with Crippen LogP contribution in [0.4, 0.5) is 0 Å². The second-order valence-electron chi connectivity index (χ2n) is 4.43. The van der Waals surface area contributed by atoms with E-state index in [-0.39, 0.29) is 0 Å². The zero-order valence-corrected chi connectivity index (χ0v) is 8.91. The standard InChI is InChI=1S/C13H17NO/c1-2-5-11-10(4-1)7-8-14-13(11)12-6-3-9-15-12/h1-2,4-5,12-14H,3,6-9H2/t12?,13-/m0/s1. The molecule has 0 aromatic heterocycles. The molecule has 0 radical (unpaired) electrons. The molecule has 0 spiro atoms. The second-order valence-corrected chi connectivity index (χ2v) is 4.43. The Balaban J connectivity index is 1.91. The third-order valence-electron chi connectivity index (χ3n) is 3.49. The van der Waals surface area contributed by atoms with E-state index in [4.69, 9.17) is 4.74 Å². The van der Waals surface area contributed by atoms with Gasteiger partial charge in [-0.25, -0.2) is 0 Å². The quantitative estimate of drug-likeness (QED) is 0.754. The van der Waals surface area contributed by atoms with Gasteiger partial charge in [0.05, 0.1) is 12.1 Å². The van der Waals surface area contributed by atoms with Crippen molar-refractivity contribution in [1.29, 1.82) is 0 Å². The van der Waals surface area contributed by atoms with Crippen molar-refractivity contribution in [2.75, 3.05) is 13.2 Å². The van der Waals surface area contributed by atoms with Crippen LogP contribution in [-0.4, -0.2) is 19.3 Å². The van der Waals surface area contributed by atoms with Gasteiger partial charge in [0.25, 0.3) is 0 Å². The lowest BCUT2D eigenvalue weighted by atomic mass is 9.90. The Morgan fingerprint density at radius 3 is 3.07 bits per heavy atom. The highest BCUT2D eigenvalue weighted by Gasteiger charge is 2.30. The molecule has 2 aliphatic rings. The van der Waals surface area contributed by atoms with E-state index in [0.29, 0.717) is 12.1 Å². The molecule has 1 aromatic rings. The van der Waals surface area contributed by atoms with Crippen molar-refractivity contribution in [3.63, 3.8) is 0 Å². The Bertz CT molecular complexity index is 344. The Morgan fingerprint density at radius 1 is 1.27 bits per heavy atom. The topological polar surface area (TPSA) is 21.3 Å². The van der Waals surface area contributed by atoms with Crippen molar-refractivity contribution < 1.29 is 4.74 Å². The van der Waals surface area contributed by atoms with Gasteiger partial charge in [0.2, 0.25) is 0 Å². The van der Waals surface area contributed by atoms with E-state index in [1.165, 1.54) is 24.0 Å². The molecule has 0 aliphatic carbocycles. The van der Waals surface area contributed by atoms with Crippen molar-refractivity contribution in [2.24, 2.45) is 0 Å². The summed E-state index contributed by atoms with van der Waals surface area (Å²) in [6.07, 6.45) is 3.96. The Kier molecular flexibility index (Phi) is 2.47. The molecule has 3 rings (SSSR count). The van der Waals surface area contributed by atoms with Crippen molar-refractivity contribution in [1.82, 2.24) is 5.32 Å². The van der Waals surface area contributed by atoms with Crippen molar-refractivity contribution in [3.05, 3.63) is 35.4 Å². The Morgan fingerprint density at radius 2 is 2.20 bits per heavy atom. The minimum absolute atomic E-state index is 0.395. The summed E-state index contributed by atoms with van der Waals surface area (Å²) in [4.78, 5) is 0. The average Bonchev–Trinajstić information content (AvgIpc) is 2.82. The van der Waals surface area contributed by atoms with Crippen LogP contribution in [-0.2, 0) is 11.2 Å². The smallest absolute Gasteiger partial charge is 0.0770 e. The molecule has 1 aromatic carbocycles. The molecule has 1 unspecified atom stereocenters. The lowest BCUT2D eigenvalue weighted by Crippen LogP contribution is -2.37. The SMILES string of the molecule is c1ccc2c(c1)CCN[C@@H]2C1CCCO1. The van der Waals surface area contributed by atoms with Gasteiger partial charge in [0, 0.05) is 6.61 Å². The number of benzene rings is 1. The first-order chi connectivity index (χ1) is 7.45. The molecular formula is C13H17NO. The molecule has 2 aliphatic heterocycles. The first kappa shape index (κ1) is 9.37. The summed E-state index contributed by atoms with van der Waals surface area (Å²) in [5.41, 5.74) is 2.95. The largest absolute Gasteiger partial charge is 0.376 e. The van der Waals surface area contributed by atoms with Gasteiger partial charge in [-0.2, -0.15) is 0 Å². The highest BCUT2D eigenvalue weighted by atomic mass is 16.5. The van der Waals surface area contributed by atoms with E-state index < -0.39 is 0 Å². The van der Waals surface area contributed by atoms with Gasteiger partial charge in [0.15, 0.2) is 0 Å². The fraction of sp³-hybridized carbons (Fsp3) is 0.538. The number of ether oxygens (including phenoxy) is 1. The summed E-state index contributed by atoms with van der Waals surface area (Å²) >= 11 is 0. The third-order valence-corrected chi connectivity index (χ3v) is 3.49. The Labute approximate surface area is 90.6 Å². The minimum Gasteiger partial charge on any atom is -0.376 e. The minimum atomic E-state index is 0.395. The highest BCUT2D eigenvalue weighted by Crippen LogP contribution is 2.31. The second kappa shape index (κ2) is 3.95. The molecule has 1 N–H and O–H groups in total. The van der Waals surface area contributed by atoms with E-state index in [2.05, 4.69) is 29.6 Å². The van der Waals surface area contributed by atoms with Crippen LogP contribution in [0.3, 0.4) is 0 Å². The third kappa shape index (κ3) is 1.68. The zero-order valence-electron chi connectivity index (χ0n) is 8.91. The summed E-state index contributed by atoms with van der Waals surface area (Å²) < 4.78 is 5.79. The maximum Gasteiger partial charge on any atom is 0.0770 e. The monoisotopic (exact) mass is 203 g/mol. The van der Waals surface area contributed by atoms with Crippen LogP contribution in [0.25, 0.3) is 0 Å². The van der Waals surface area contributed by atoms with Crippen LogP contribution in [0.2, 0.25) is 0 Å². The average molecular weight is 203 g/mol. The molecule has 0 amide bonds. The molecule has 80 valence electrons. The number of hydrogen-bond donors (Lipinski definition) is 1. The van der Waals surface area contributed by atoms with Crippen LogP contribution < -0.4 is 5.32 Å². The summed E-state index contributed by atoms with van der Waals surface area (Å²) in [5, 5.41) is 3.59. The number of fused-ring (bicyclic) bond motifs is 1. The van der Waals surface area contributed by atoms with E-state index >= 15 is 0 Å². The number of nitrogens with one attached hydrogen (secondary N) is 1.